The monoisotopic (exact) mass is 293 g/mol. The summed E-state index contributed by atoms with van der Waals surface area (Å²) in [6.07, 6.45) is 0.496. The molecule has 108 valence electrons. The van der Waals surface area contributed by atoms with Crippen molar-refractivity contribution in [3.05, 3.63) is 59.9 Å². The zero-order valence-corrected chi connectivity index (χ0v) is 10.6. The van der Waals surface area contributed by atoms with Gasteiger partial charge in [0.05, 0.1) is 5.56 Å². The van der Waals surface area contributed by atoms with E-state index in [0.29, 0.717) is 11.1 Å². The Bertz CT molecular complexity index is 679. The van der Waals surface area contributed by atoms with Crippen molar-refractivity contribution >= 4 is 12.0 Å². The molecule has 0 radical (unpaired) electrons. The molecule has 2 rings (SSSR count). The van der Waals surface area contributed by atoms with E-state index < -0.39 is 17.7 Å². The van der Waals surface area contributed by atoms with Gasteiger partial charge in [-0.1, -0.05) is 12.1 Å². The summed E-state index contributed by atoms with van der Waals surface area (Å²) in [5.41, 5.74) is 0.422. The molecular weight excluding hydrogens is 283 g/mol. The lowest BCUT2D eigenvalue weighted by Crippen LogP contribution is -2.05. The Morgan fingerprint density at radius 1 is 1.24 bits per heavy atom. The number of aliphatic carboxylic acids is 1. The van der Waals surface area contributed by atoms with Crippen LogP contribution in [0, 0.1) is 0 Å². The fourth-order valence-corrected chi connectivity index (χ4v) is 1.82. The predicted molar refractivity (Wildman–Crippen MR) is 71.3 cm³/mol. The van der Waals surface area contributed by atoms with Gasteiger partial charge >= 0.3 is 12.1 Å². The second kappa shape index (κ2) is 5.78. The summed E-state index contributed by atoms with van der Waals surface area (Å²) >= 11 is 0. The molecule has 6 heteroatoms. The van der Waals surface area contributed by atoms with Gasteiger partial charge in [0.15, 0.2) is 0 Å². The minimum absolute atomic E-state index is 0.167. The van der Waals surface area contributed by atoms with E-state index >= 15 is 0 Å². The lowest BCUT2D eigenvalue weighted by Gasteiger charge is -2.11. The van der Waals surface area contributed by atoms with Gasteiger partial charge in [-0.2, -0.15) is 13.2 Å². The average Bonchev–Trinajstić information content (AvgIpc) is 2.44. The summed E-state index contributed by atoms with van der Waals surface area (Å²) in [6.45, 7) is 0. The third kappa shape index (κ3) is 3.68. The first-order valence-corrected chi connectivity index (χ1v) is 5.90. The van der Waals surface area contributed by atoms with E-state index in [2.05, 4.69) is 4.98 Å². The topological polar surface area (TPSA) is 50.2 Å². The third-order valence-corrected chi connectivity index (χ3v) is 2.76. The number of aromatic nitrogens is 1. The smallest absolute Gasteiger partial charge is 0.416 e. The van der Waals surface area contributed by atoms with Crippen molar-refractivity contribution in [3.8, 4) is 11.1 Å². The number of pyridine rings is 1. The minimum atomic E-state index is -4.49. The molecule has 1 N–H and O–H groups in total. The van der Waals surface area contributed by atoms with Crippen LogP contribution < -0.4 is 0 Å². The van der Waals surface area contributed by atoms with E-state index in [0.717, 1.165) is 24.3 Å². The summed E-state index contributed by atoms with van der Waals surface area (Å²) in [5, 5.41) is 8.64. The number of nitrogens with zero attached hydrogens (tertiary/aromatic N) is 1. The van der Waals surface area contributed by atoms with Gasteiger partial charge in [0, 0.05) is 24.0 Å². The SMILES string of the molecule is O=C(O)/C=C/c1cc(C(F)(F)F)ccc1-c1cccnc1. The normalized spacial score (nSPS) is 11.8. The van der Waals surface area contributed by atoms with Gasteiger partial charge in [-0.05, 0) is 35.4 Å². The van der Waals surface area contributed by atoms with Gasteiger partial charge in [0.2, 0.25) is 0 Å². The molecule has 0 aliphatic rings. The number of hydrogen-bond donors (Lipinski definition) is 1. The molecule has 0 aliphatic carbocycles. The number of rotatable bonds is 3. The highest BCUT2D eigenvalue weighted by atomic mass is 19.4. The van der Waals surface area contributed by atoms with E-state index in [1.807, 2.05) is 0 Å². The van der Waals surface area contributed by atoms with Crippen LogP contribution in [0.25, 0.3) is 17.2 Å². The van der Waals surface area contributed by atoms with E-state index in [-0.39, 0.29) is 5.56 Å². The Morgan fingerprint density at radius 3 is 2.57 bits per heavy atom. The molecule has 0 aliphatic heterocycles. The van der Waals surface area contributed by atoms with Gasteiger partial charge in [-0.15, -0.1) is 0 Å². The lowest BCUT2D eigenvalue weighted by atomic mass is 9.98. The minimum Gasteiger partial charge on any atom is -0.478 e. The molecule has 1 heterocycles. The van der Waals surface area contributed by atoms with Crippen LogP contribution in [0.4, 0.5) is 13.2 Å². The van der Waals surface area contributed by atoms with Crippen LogP contribution in [0.3, 0.4) is 0 Å². The van der Waals surface area contributed by atoms with Gasteiger partial charge < -0.3 is 5.11 Å². The van der Waals surface area contributed by atoms with Crippen molar-refractivity contribution in [1.29, 1.82) is 0 Å². The molecule has 1 aromatic heterocycles. The molecule has 0 saturated carbocycles. The number of halogens is 3. The maximum atomic E-state index is 12.7. The Labute approximate surface area is 118 Å². The number of benzene rings is 1. The van der Waals surface area contributed by atoms with E-state index in [4.69, 9.17) is 5.11 Å². The maximum absolute atomic E-state index is 12.7. The second-order valence-corrected chi connectivity index (χ2v) is 4.21. The first kappa shape index (κ1) is 14.8. The van der Waals surface area contributed by atoms with Crippen molar-refractivity contribution in [3.63, 3.8) is 0 Å². The number of carboxylic acids is 1. The van der Waals surface area contributed by atoms with Crippen LogP contribution >= 0.6 is 0 Å². The van der Waals surface area contributed by atoms with Crippen LogP contribution in [-0.2, 0) is 11.0 Å². The quantitative estimate of drug-likeness (QED) is 0.874. The molecule has 3 nitrogen and oxygen atoms in total. The molecule has 2 aromatic rings. The molecular formula is C15H10F3NO2. The van der Waals surface area contributed by atoms with Crippen molar-refractivity contribution in [2.24, 2.45) is 0 Å². The highest BCUT2D eigenvalue weighted by Gasteiger charge is 2.30. The number of alkyl halides is 3. The van der Waals surface area contributed by atoms with Crippen LogP contribution in [0.2, 0.25) is 0 Å². The zero-order chi connectivity index (χ0) is 15.5. The van der Waals surface area contributed by atoms with Gasteiger partial charge in [-0.25, -0.2) is 4.79 Å². The maximum Gasteiger partial charge on any atom is 0.416 e. The van der Waals surface area contributed by atoms with Crippen LogP contribution in [0.1, 0.15) is 11.1 Å². The summed E-state index contributed by atoms with van der Waals surface area (Å²) in [5.74, 6) is -1.23. The number of hydrogen-bond acceptors (Lipinski definition) is 2. The Balaban J connectivity index is 2.57. The highest BCUT2D eigenvalue weighted by Crippen LogP contribution is 2.33. The second-order valence-electron chi connectivity index (χ2n) is 4.21. The molecule has 1 aromatic carbocycles. The number of carbonyl (C=O) groups is 1. The fraction of sp³-hybridized carbons (Fsp3) is 0.0667. The van der Waals surface area contributed by atoms with Crippen molar-refractivity contribution in [2.75, 3.05) is 0 Å². The molecule has 0 spiro atoms. The first-order chi connectivity index (χ1) is 9.88. The van der Waals surface area contributed by atoms with E-state index in [1.54, 1.807) is 18.3 Å². The number of carboxylic acid groups (broad SMARTS) is 1. The van der Waals surface area contributed by atoms with Gasteiger partial charge in [0.1, 0.15) is 0 Å². The highest BCUT2D eigenvalue weighted by molar-refractivity contribution is 5.88. The van der Waals surface area contributed by atoms with Crippen molar-refractivity contribution in [2.45, 2.75) is 6.18 Å². The van der Waals surface area contributed by atoms with E-state index in [1.165, 1.54) is 12.3 Å². The van der Waals surface area contributed by atoms with Crippen LogP contribution in [0.5, 0.6) is 0 Å². The molecule has 0 bridgehead atoms. The van der Waals surface area contributed by atoms with Gasteiger partial charge in [0.25, 0.3) is 0 Å². The predicted octanol–water partition coefficient (Wildman–Crippen LogP) is 3.87. The molecule has 0 unspecified atom stereocenters. The summed E-state index contributed by atoms with van der Waals surface area (Å²) < 4.78 is 38.2. The Kier molecular flexibility index (Phi) is 4.07. The summed E-state index contributed by atoms with van der Waals surface area (Å²) in [4.78, 5) is 14.5. The lowest BCUT2D eigenvalue weighted by molar-refractivity contribution is -0.137. The summed E-state index contributed by atoms with van der Waals surface area (Å²) in [6, 6.07) is 6.52. The Morgan fingerprint density at radius 2 is 2.00 bits per heavy atom. The van der Waals surface area contributed by atoms with Gasteiger partial charge in [-0.3, -0.25) is 4.98 Å². The van der Waals surface area contributed by atoms with E-state index in [9.17, 15) is 18.0 Å². The average molecular weight is 293 g/mol. The zero-order valence-electron chi connectivity index (χ0n) is 10.6. The van der Waals surface area contributed by atoms with Crippen LogP contribution in [0.15, 0.2) is 48.8 Å². The molecule has 0 amide bonds. The molecule has 0 saturated heterocycles. The van der Waals surface area contributed by atoms with Crippen molar-refractivity contribution < 1.29 is 23.1 Å². The molecule has 21 heavy (non-hydrogen) atoms. The standard InChI is InChI=1S/C15H10F3NO2/c16-15(17,18)12-4-5-13(11-2-1-7-19-9-11)10(8-12)3-6-14(20)21/h1-9H,(H,20,21)/b6-3+. The van der Waals surface area contributed by atoms with Crippen LogP contribution in [-0.4, -0.2) is 16.1 Å². The molecule has 0 fully saturated rings. The Hall–Kier alpha value is -2.63. The largest absolute Gasteiger partial charge is 0.478 e. The summed E-state index contributed by atoms with van der Waals surface area (Å²) in [7, 11) is 0. The first-order valence-electron chi connectivity index (χ1n) is 5.90. The van der Waals surface area contributed by atoms with Crippen molar-refractivity contribution in [1.82, 2.24) is 4.98 Å². The molecule has 0 atom stereocenters. The third-order valence-electron chi connectivity index (χ3n) is 2.76. The fourth-order valence-electron chi connectivity index (χ4n) is 1.82.